The quantitative estimate of drug-likeness (QED) is 0.864. The summed E-state index contributed by atoms with van der Waals surface area (Å²) in [6.07, 6.45) is 0.219. The Morgan fingerprint density at radius 1 is 1.37 bits per heavy atom. The van der Waals surface area contributed by atoms with Gasteiger partial charge in [0.2, 0.25) is 0 Å². The lowest BCUT2D eigenvalue weighted by atomic mass is 10.3. The molecule has 0 aromatic heterocycles. The van der Waals surface area contributed by atoms with Gasteiger partial charge in [0.1, 0.15) is 0 Å². The number of hydrogen-bond donors (Lipinski definition) is 2. The van der Waals surface area contributed by atoms with E-state index in [4.69, 9.17) is 5.11 Å². The second-order valence-electron chi connectivity index (χ2n) is 3.95. The van der Waals surface area contributed by atoms with Crippen molar-refractivity contribution < 1.29 is 23.5 Å². The number of amides is 2. The molecule has 0 saturated heterocycles. The Kier molecular flexibility index (Phi) is 5.23. The number of rotatable bonds is 5. The molecule has 19 heavy (non-hydrogen) atoms. The van der Waals surface area contributed by atoms with Crippen LogP contribution in [0.15, 0.2) is 18.2 Å². The van der Waals surface area contributed by atoms with Gasteiger partial charge in [-0.25, -0.2) is 13.6 Å². The van der Waals surface area contributed by atoms with E-state index in [9.17, 15) is 18.4 Å². The molecule has 0 unspecified atom stereocenters. The van der Waals surface area contributed by atoms with Crippen LogP contribution in [0.25, 0.3) is 0 Å². The molecule has 7 heteroatoms. The fraction of sp³-hybridized carbons (Fsp3) is 0.333. The van der Waals surface area contributed by atoms with E-state index in [0.717, 1.165) is 6.07 Å². The molecule has 2 N–H and O–H groups in total. The molecule has 0 heterocycles. The van der Waals surface area contributed by atoms with E-state index in [1.807, 2.05) is 0 Å². The van der Waals surface area contributed by atoms with Crippen LogP contribution < -0.4 is 5.32 Å². The summed E-state index contributed by atoms with van der Waals surface area (Å²) >= 11 is 0. The number of nitrogens with zero attached hydrogens (tertiary/aromatic N) is 1. The van der Waals surface area contributed by atoms with Crippen LogP contribution in [0.5, 0.6) is 0 Å². The highest BCUT2D eigenvalue weighted by molar-refractivity contribution is 5.89. The fourth-order valence-electron chi connectivity index (χ4n) is 1.38. The third kappa shape index (κ3) is 4.53. The number of halogens is 2. The maximum atomic E-state index is 13.3. The molecule has 0 fully saturated rings. The predicted octanol–water partition coefficient (Wildman–Crippen LogP) is 2.29. The lowest BCUT2D eigenvalue weighted by Gasteiger charge is -2.17. The van der Waals surface area contributed by atoms with Gasteiger partial charge in [0, 0.05) is 20.0 Å². The summed E-state index contributed by atoms with van der Waals surface area (Å²) in [5.41, 5.74) is -0.255. The van der Waals surface area contributed by atoms with Crippen molar-refractivity contribution >= 4 is 17.7 Å². The van der Waals surface area contributed by atoms with E-state index in [1.165, 1.54) is 24.1 Å². The molecule has 0 radical (unpaired) electrons. The summed E-state index contributed by atoms with van der Waals surface area (Å²) in [4.78, 5) is 23.1. The first-order valence-corrected chi connectivity index (χ1v) is 5.59. The van der Waals surface area contributed by atoms with Crippen molar-refractivity contribution in [2.45, 2.75) is 12.8 Å². The van der Waals surface area contributed by atoms with Gasteiger partial charge in [0.05, 0.1) is 5.69 Å². The number of hydrogen-bond acceptors (Lipinski definition) is 2. The van der Waals surface area contributed by atoms with Crippen molar-refractivity contribution in [2.24, 2.45) is 0 Å². The van der Waals surface area contributed by atoms with Crippen LogP contribution in [0.2, 0.25) is 0 Å². The monoisotopic (exact) mass is 272 g/mol. The van der Waals surface area contributed by atoms with Gasteiger partial charge < -0.3 is 15.3 Å². The number of carbonyl (C=O) groups excluding carboxylic acids is 1. The lowest BCUT2D eigenvalue weighted by Crippen LogP contribution is -2.32. The Morgan fingerprint density at radius 2 is 2.05 bits per heavy atom. The average Bonchev–Trinajstić information content (AvgIpc) is 2.34. The molecule has 2 amide bonds. The number of benzene rings is 1. The van der Waals surface area contributed by atoms with Crippen LogP contribution in [0, 0.1) is 11.6 Å². The second-order valence-corrected chi connectivity index (χ2v) is 3.95. The minimum atomic E-state index is -1.13. The third-order valence-electron chi connectivity index (χ3n) is 2.42. The van der Waals surface area contributed by atoms with Gasteiger partial charge in [-0.1, -0.05) is 6.07 Å². The summed E-state index contributed by atoms with van der Waals surface area (Å²) in [5, 5.41) is 10.7. The van der Waals surface area contributed by atoms with Gasteiger partial charge in [-0.3, -0.25) is 4.79 Å². The first kappa shape index (κ1) is 14.9. The zero-order valence-corrected chi connectivity index (χ0v) is 10.3. The molecular formula is C12H14F2N2O3. The first-order valence-electron chi connectivity index (χ1n) is 5.59. The third-order valence-corrected chi connectivity index (χ3v) is 2.42. The van der Waals surface area contributed by atoms with E-state index in [-0.39, 0.29) is 25.1 Å². The molecule has 104 valence electrons. The first-order chi connectivity index (χ1) is 8.91. The number of urea groups is 1. The van der Waals surface area contributed by atoms with Crippen LogP contribution in [-0.4, -0.2) is 35.6 Å². The number of nitrogens with one attached hydrogen (secondary N) is 1. The highest BCUT2D eigenvalue weighted by Crippen LogP contribution is 2.16. The Bertz CT molecular complexity index is 480. The zero-order valence-electron chi connectivity index (χ0n) is 10.3. The standard InChI is InChI=1S/C12H14F2N2O3/c1-16(7-3-6-10(17)18)12(19)15-9-5-2-4-8(13)11(9)14/h2,4-5H,3,6-7H2,1H3,(H,15,19)(H,17,18). The van der Waals surface area contributed by atoms with Gasteiger partial charge in [0.25, 0.3) is 0 Å². The largest absolute Gasteiger partial charge is 0.481 e. The lowest BCUT2D eigenvalue weighted by molar-refractivity contribution is -0.137. The number of carbonyl (C=O) groups is 2. The van der Waals surface area contributed by atoms with Crippen molar-refractivity contribution in [3.05, 3.63) is 29.8 Å². The summed E-state index contributed by atoms with van der Waals surface area (Å²) in [7, 11) is 1.44. The van der Waals surface area contributed by atoms with Crippen molar-refractivity contribution in [2.75, 3.05) is 18.9 Å². The normalized spacial score (nSPS) is 10.1. The SMILES string of the molecule is CN(CCCC(=O)O)C(=O)Nc1cccc(F)c1F. The van der Waals surface area contributed by atoms with Gasteiger partial charge in [0.15, 0.2) is 11.6 Å². The highest BCUT2D eigenvalue weighted by Gasteiger charge is 2.13. The van der Waals surface area contributed by atoms with Crippen LogP contribution in [-0.2, 0) is 4.79 Å². The summed E-state index contributed by atoms with van der Waals surface area (Å²) in [5.74, 6) is -3.13. The Hall–Kier alpha value is -2.18. The van der Waals surface area contributed by atoms with E-state index in [1.54, 1.807) is 0 Å². The molecule has 1 aromatic rings. The minimum Gasteiger partial charge on any atom is -0.481 e. The predicted molar refractivity (Wildman–Crippen MR) is 64.9 cm³/mol. The van der Waals surface area contributed by atoms with Gasteiger partial charge in [-0.15, -0.1) is 0 Å². The number of carboxylic acid groups (broad SMARTS) is 1. The van der Waals surface area contributed by atoms with Gasteiger partial charge in [-0.05, 0) is 18.6 Å². The van der Waals surface area contributed by atoms with E-state index < -0.39 is 23.6 Å². The zero-order chi connectivity index (χ0) is 14.4. The molecule has 0 aliphatic carbocycles. The Morgan fingerprint density at radius 3 is 2.68 bits per heavy atom. The molecule has 0 atom stereocenters. The topological polar surface area (TPSA) is 69.6 Å². The van der Waals surface area contributed by atoms with Crippen molar-refractivity contribution in [1.29, 1.82) is 0 Å². The molecule has 1 aromatic carbocycles. The summed E-state index contributed by atoms with van der Waals surface area (Å²) in [6.45, 7) is 0.203. The molecular weight excluding hydrogens is 258 g/mol. The molecule has 0 spiro atoms. The van der Waals surface area contributed by atoms with E-state index in [0.29, 0.717) is 0 Å². The molecule has 1 rings (SSSR count). The van der Waals surface area contributed by atoms with Crippen molar-refractivity contribution in [3.8, 4) is 0 Å². The number of anilines is 1. The summed E-state index contributed by atoms with van der Waals surface area (Å²) < 4.78 is 26.2. The molecule has 0 bridgehead atoms. The van der Waals surface area contributed by atoms with Crippen LogP contribution in [0.1, 0.15) is 12.8 Å². The van der Waals surface area contributed by atoms with Crippen LogP contribution in [0.4, 0.5) is 19.3 Å². The molecule has 0 aliphatic rings. The maximum Gasteiger partial charge on any atom is 0.321 e. The van der Waals surface area contributed by atoms with Crippen molar-refractivity contribution in [1.82, 2.24) is 4.90 Å². The summed E-state index contributed by atoms with van der Waals surface area (Å²) in [6, 6.07) is 2.83. The van der Waals surface area contributed by atoms with Crippen LogP contribution in [0.3, 0.4) is 0 Å². The van der Waals surface area contributed by atoms with E-state index >= 15 is 0 Å². The molecule has 0 aliphatic heterocycles. The smallest absolute Gasteiger partial charge is 0.321 e. The second kappa shape index (κ2) is 6.67. The number of aliphatic carboxylic acids is 1. The maximum absolute atomic E-state index is 13.3. The highest BCUT2D eigenvalue weighted by atomic mass is 19.2. The van der Waals surface area contributed by atoms with Gasteiger partial charge in [-0.2, -0.15) is 0 Å². The molecule has 5 nitrogen and oxygen atoms in total. The van der Waals surface area contributed by atoms with Gasteiger partial charge >= 0.3 is 12.0 Å². The number of carboxylic acids is 1. The average molecular weight is 272 g/mol. The minimum absolute atomic E-state index is 0.0635. The Balaban J connectivity index is 2.54. The van der Waals surface area contributed by atoms with E-state index in [2.05, 4.69) is 5.32 Å². The Labute approximate surface area is 108 Å². The fourth-order valence-corrected chi connectivity index (χ4v) is 1.38. The van der Waals surface area contributed by atoms with Crippen LogP contribution >= 0.6 is 0 Å². The van der Waals surface area contributed by atoms with Crippen molar-refractivity contribution in [3.63, 3.8) is 0 Å². The molecule has 0 saturated carbocycles.